The summed E-state index contributed by atoms with van der Waals surface area (Å²) < 4.78 is 34.0. The maximum atomic E-state index is 5.89. The standard InChI is InChI=1S/C22H34N2O6/c1-21(27-13-5-3-7-23-9-15-25-16-10-23)19-30-22(2,20-29-21)28-14-6-4-8-24-11-17-26-18-12-24/h7-20H2,1-2H3/t21-,22+. The van der Waals surface area contributed by atoms with Crippen molar-refractivity contribution in [3.05, 3.63) is 0 Å². The fraction of sp³-hybridized carbons (Fsp3) is 0.818. The van der Waals surface area contributed by atoms with Crippen LogP contribution < -0.4 is 0 Å². The molecule has 0 amide bonds. The topological polar surface area (TPSA) is 61.9 Å². The first kappa shape index (κ1) is 23.5. The minimum atomic E-state index is -0.821. The molecule has 3 aliphatic rings. The normalized spacial score (nSPS) is 30.7. The summed E-state index contributed by atoms with van der Waals surface area (Å²) in [4.78, 5) is 4.54. The van der Waals surface area contributed by atoms with Gasteiger partial charge in [-0.2, -0.15) is 0 Å². The molecule has 2 atom stereocenters. The maximum Gasteiger partial charge on any atom is 0.190 e. The molecule has 8 nitrogen and oxygen atoms in total. The largest absolute Gasteiger partial charge is 0.379 e. The molecule has 8 heteroatoms. The summed E-state index contributed by atoms with van der Waals surface area (Å²) in [6.45, 7) is 13.2. The van der Waals surface area contributed by atoms with E-state index in [1.54, 1.807) is 0 Å². The van der Waals surface area contributed by atoms with E-state index in [1.165, 1.54) is 0 Å². The minimum Gasteiger partial charge on any atom is -0.379 e. The predicted molar refractivity (Wildman–Crippen MR) is 111 cm³/mol. The second kappa shape index (κ2) is 12.0. The molecule has 3 saturated heterocycles. The second-order valence-electron chi connectivity index (χ2n) is 7.91. The molecule has 3 fully saturated rings. The minimum absolute atomic E-state index is 0.274. The Balaban J connectivity index is 1.29. The predicted octanol–water partition coefficient (Wildman–Crippen LogP) is 0.170. The van der Waals surface area contributed by atoms with E-state index < -0.39 is 11.6 Å². The number of rotatable bonds is 6. The Labute approximate surface area is 180 Å². The first-order valence-electron chi connectivity index (χ1n) is 10.6. The highest BCUT2D eigenvalue weighted by Gasteiger charge is 2.40. The molecule has 0 aromatic heterocycles. The van der Waals surface area contributed by atoms with E-state index >= 15 is 0 Å². The van der Waals surface area contributed by atoms with Gasteiger partial charge in [0, 0.05) is 26.2 Å². The Morgan fingerprint density at radius 1 is 0.667 bits per heavy atom. The molecule has 168 valence electrons. The molecular weight excluding hydrogens is 388 g/mol. The van der Waals surface area contributed by atoms with E-state index in [9.17, 15) is 0 Å². The van der Waals surface area contributed by atoms with E-state index in [2.05, 4.69) is 33.5 Å². The van der Waals surface area contributed by atoms with Crippen molar-refractivity contribution < 1.29 is 28.4 Å². The maximum absolute atomic E-state index is 5.89. The smallest absolute Gasteiger partial charge is 0.190 e. The van der Waals surface area contributed by atoms with Crippen LogP contribution in [-0.4, -0.2) is 113 Å². The van der Waals surface area contributed by atoms with E-state index in [0.29, 0.717) is 13.2 Å². The monoisotopic (exact) mass is 422 g/mol. The molecule has 3 heterocycles. The highest BCUT2D eigenvalue weighted by molar-refractivity contribution is 5.03. The van der Waals surface area contributed by atoms with Crippen LogP contribution in [0.15, 0.2) is 0 Å². The Bertz CT molecular complexity index is 573. The summed E-state index contributed by atoms with van der Waals surface area (Å²) in [5.41, 5.74) is 0. The van der Waals surface area contributed by atoms with Crippen molar-refractivity contribution >= 4 is 0 Å². The summed E-state index contributed by atoms with van der Waals surface area (Å²) >= 11 is 0. The first-order valence-corrected chi connectivity index (χ1v) is 10.6. The van der Waals surface area contributed by atoms with Crippen LogP contribution in [0.5, 0.6) is 0 Å². The lowest BCUT2D eigenvalue weighted by molar-refractivity contribution is -0.370. The zero-order valence-electron chi connectivity index (χ0n) is 18.2. The quantitative estimate of drug-likeness (QED) is 0.562. The number of ether oxygens (including phenoxy) is 6. The molecule has 0 unspecified atom stereocenters. The van der Waals surface area contributed by atoms with Crippen molar-refractivity contribution in [3.8, 4) is 23.7 Å². The van der Waals surface area contributed by atoms with Crippen LogP contribution in [0.2, 0.25) is 0 Å². The molecule has 0 saturated carbocycles. The molecule has 0 aliphatic carbocycles. The SMILES string of the molecule is C[C@@]1(OCC#CCN2CCOCC2)CO[C@@](C)(OCC#CCN2CCOCC2)CO1. The molecule has 0 N–H and O–H groups in total. The van der Waals surface area contributed by atoms with Crippen LogP contribution in [0.3, 0.4) is 0 Å². The fourth-order valence-electron chi connectivity index (χ4n) is 3.15. The van der Waals surface area contributed by atoms with Gasteiger partial charge in [-0.3, -0.25) is 9.80 Å². The third-order valence-electron chi connectivity index (χ3n) is 5.24. The Morgan fingerprint density at radius 2 is 1.07 bits per heavy atom. The fourth-order valence-corrected chi connectivity index (χ4v) is 3.15. The molecular formula is C22H34N2O6. The van der Waals surface area contributed by atoms with Gasteiger partial charge in [0.2, 0.25) is 0 Å². The highest BCUT2D eigenvalue weighted by Crippen LogP contribution is 2.27. The van der Waals surface area contributed by atoms with E-state index in [4.69, 9.17) is 28.4 Å². The summed E-state index contributed by atoms with van der Waals surface area (Å²) in [6.07, 6.45) is 0. The second-order valence-corrected chi connectivity index (χ2v) is 7.91. The molecule has 0 aromatic carbocycles. The summed E-state index contributed by atoms with van der Waals surface area (Å²) in [5, 5.41) is 0. The number of morpholine rings is 2. The summed E-state index contributed by atoms with van der Waals surface area (Å²) in [6, 6.07) is 0. The number of hydrogen-bond donors (Lipinski definition) is 0. The van der Waals surface area contributed by atoms with Gasteiger partial charge < -0.3 is 28.4 Å². The summed E-state index contributed by atoms with van der Waals surface area (Å²) in [5.74, 6) is 10.7. The van der Waals surface area contributed by atoms with Crippen molar-refractivity contribution in [2.24, 2.45) is 0 Å². The third-order valence-corrected chi connectivity index (χ3v) is 5.24. The van der Waals surface area contributed by atoms with Crippen LogP contribution in [0, 0.1) is 23.7 Å². The van der Waals surface area contributed by atoms with Crippen molar-refractivity contribution in [1.82, 2.24) is 9.80 Å². The zero-order chi connectivity index (χ0) is 21.1. The molecule has 30 heavy (non-hydrogen) atoms. The van der Waals surface area contributed by atoms with Crippen molar-refractivity contribution in [2.75, 3.05) is 92.1 Å². The van der Waals surface area contributed by atoms with Crippen LogP contribution in [0.4, 0.5) is 0 Å². The van der Waals surface area contributed by atoms with Crippen molar-refractivity contribution in [2.45, 2.75) is 25.4 Å². The van der Waals surface area contributed by atoms with Crippen LogP contribution in [0.1, 0.15) is 13.8 Å². The molecule has 0 aromatic rings. The molecule has 3 rings (SSSR count). The lowest BCUT2D eigenvalue weighted by Gasteiger charge is -2.41. The van der Waals surface area contributed by atoms with Gasteiger partial charge in [0.1, 0.15) is 26.4 Å². The lowest BCUT2D eigenvalue weighted by atomic mass is 10.2. The average Bonchev–Trinajstić information content (AvgIpc) is 2.77. The lowest BCUT2D eigenvalue weighted by Crippen LogP contribution is -2.53. The van der Waals surface area contributed by atoms with Gasteiger partial charge in [-0.1, -0.05) is 23.7 Å². The van der Waals surface area contributed by atoms with Gasteiger partial charge in [0.15, 0.2) is 11.6 Å². The van der Waals surface area contributed by atoms with Gasteiger partial charge in [-0.15, -0.1) is 0 Å². The third kappa shape index (κ3) is 8.14. The van der Waals surface area contributed by atoms with Gasteiger partial charge >= 0.3 is 0 Å². The first-order chi connectivity index (χ1) is 14.6. The van der Waals surface area contributed by atoms with Crippen LogP contribution >= 0.6 is 0 Å². The van der Waals surface area contributed by atoms with Crippen molar-refractivity contribution in [3.63, 3.8) is 0 Å². The van der Waals surface area contributed by atoms with Gasteiger partial charge in [-0.25, -0.2) is 0 Å². The van der Waals surface area contributed by atoms with E-state index in [1.807, 2.05) is 13.8 Å². The van der Waals surface area contributed by atoms with E-state index in [-0.39, 0.29) is 13.2 Å². The Morgan fingerprint density at radius 3 is 1.43 bits per heavy atom. The van der Waals surface area contributed by atoms with Gasteiger partial charge in [0.25, 0.3) is 0 Å². The average molecular weight is 423 g/mol. The number of hydrogen-bond acceptors (Lipinski definition) is 8. The molecule has 0 spiro atoms. The Kier molecular flexibility index (Phi) is 9.38. The number of nitrogens with zero attached hydrogens (tertiary/aromatic N) is 2. The molecule has 3 aliphatic heterocycles. The van der Waals surface area contributed by atoms with Gasteiger partial charge in [0.05, 0.1) is 39.5 Å². The van der Waals surface area contributed by atoms with Gasteiger partial charge in [-0.05, 0) is 13.8 Å². The van der Waals surface area contributed by atoms with Crippen LogP contribution in [-0.2, 0) is 28.4 Å². The summed E-state index contributed by atoms with van der Waals surface area (Å²) in [7, 11) is 0. The van der Waals surface area contributed by atoms with Crippen LogP contribution in [0.25, 0.3) is 0 Å². The molecule has 0 radical (unpaired) electrons. The zero-order valence-corrected chi connectivity index (χ0v) is 18.2. The Hall–Kier alpha value is -1.20. The molecule has 0 bridgehead atoms. The van der Waals surface area contributed by atoms with Crippen molar-refractivity contribution in [1.29, 1.82) is 0 Å². The highest BCUT2D eigenvalue weighted by atomic mass is 16.8. The van der Waals surface area contributed by atoms with E-state index in [0.717, 1.165) is 65.7 Å².